The van der Waals surface area contributed by atoms with E-state index in [4.69, 9.17) is 20.4 Å². The van der Waals surface area contributed by atoms with Gasteiger partial charge in [-0.15, -0.1) is 21.8 Å². The molecule has 0 bridgehead atoms. The zero-order chi connectivity index (χ0) is 9.26. The summed E-state index contributed by atoms with van der Waals surface area (Å²) in [5.41, 5.74) is 0.809. The van der Waals surface area contributed by atoms with E-state index in [1.807, 2.05) is 6.92 Å². The smallest absolute Gasteiger partial charge is 0.251 e. The van der Waals surface area contributed by atoms with Crippen LogP contribution in [0.1, 0.15) is 11.7 Å². The van der Waals surface area contributed by atoms with Gasteiger partial charge in [0.15, 0.2) is 0 Å². The predicted octanol–water partition coefficient (Wildman–Crippen LogP) is 2.38. The number of aromatic nitrogens is 2. The van der Waals surface area contributed by atoms with Crippen molar-refractivity contribution in [2.45, 2.75) is 12.8 Å². The van der Waals surface area contributed by atoms with E-state index in [0.717, 1.165) is 11.3 Å². The summed E-state index contributed by atoms with van der Waals surface area (Å²) in [6, 6.07) is 1.78. The van der Waals surface area contributed by atoms with Gasteiger partial charge < -0.3 is 8.83 Å². The Bertz CT molecular complexity index is 408. The van der Waals surface area contributed by atoms with E-state index in [0.29, 0.717) is 11.8 Å². The van der Waals surface area contributed by atoms with Crippen molar-refractivity contribution in [2.75, 3.05) is 0 Å². The van der Waals surface area contributed by atoms with Gasteiger partial charge in [0.1, 0.15) is 11.6 Å². The normalized spacial score (nSPS) is 10.6. The van der Waals surface area contributed by atoms with Gasteiger partial charge in [0.2, 0.25) is 5.89 Å². The highest BCUT2D eigenvalue weighted by Crippen LogP contribution is 2.22. The first-order chi connectivity index (χ1) is 6.31. The van der Waals surface area contributed by atoms with E-state index in [2.05, 4.69) is 10.2 Å². The monoisotopic (exact) mass is 198 g/mol. The summed E-state index contributed by atoms with van der Waals surface area (Å²) in [4.78, 5) is 0. The maximum Gasteiger partial charge on any atom is 0.251 e. The van der Waals surface area contributed by atoms with Gasteiger partial charge in [-0.1, -0.05) is 0 Å². The third-order valence-corrected chi connectivity index (χ3v) is 1.90. The highest BCUT2D eigenvalue weighted by atomic mass is 35.5. The minimum Gasteiger partial charge on any atom is -0.469 e. The summed E-state index contributed by atoms with van der Waals surface area (Å²) in [5.74, 6) is 1.84. The van der Waals surface area contributed by atoms with E-state index in [9.17, 15) is 0 Å². The van der Waals surface area contributed by atoms with Crippen LogP contribution in [0.5, 0.6) is 0 Å². The summed E-state index contributed by atoms with van der Waals surface area (Å²) in [5, 5.41) is 7.57. The maximum absolute atomic E-state index is 5.52. The lowest BCUT2D eigenvalue weighted by Gasteiger charge is -1.88. The molecule has 0 atom stereocenters. The van der Waals surface area contributed by atoms with Crippen molar-refractivity contribution in [1.82, 2.24) is 10.2 Å². The molecule has 2 rings (SSSR count). The summed E-state index contributed by atoms with van der Waals surface area (Å²) in [6.45, 7) is 1.83. The first kappa shape index (κ1) is 8.31. The zero-order valence-electron chi connectivity index (χ0n) is 6.95. The van der Waals surface area contributed by atoms with Crippen molar-refractivity contribution in [3.8, 4) is 11.5 Å². The Labute approximate surface area is 79.5 Å². The number of hydrogen-bond acceptors (Lipinski definition) is 4. The van der Waals surface area contributed by atoms with Crippen molar-refractivity contribution >= 4 is 11.6 Å². The summed E-state index contributed by atoms with van der Waals surface area (Å²) in [6.07, 6.45) is 1.58. The minimum absolute atomic E-state index is 0.226. The molecule has 2 aromatic rings. The minimum atomic E-state index is 0.226. The molecule has 0 fully saturated rings. The van der Waals surface area contributed by atoms with Crippen molar-refractivity contribution < 1.29 is 8.83 Å². The van der Waals surface area contributed by atoms with Gasteiger partial charge in [0.25, 0.3) is 5.89 Å². The molecule has 0 unspecified atom stereocenters. The van der Waals surface area contributed by atoms with Crippen LogP contribution >= 0.6 is 11.6 Å². The van der Waals surface area contributed by atoms with Gasteiger partial charge in [-0.25, -0.2) is 0 Å². The molecule has 0 saturated carbocycles. The highest BCUT2D eigenvalue weighted by Gasteiger charge is 2.11. The highest BCUT2D eigenvalue weighted by molar-refractivity contribution is 6.16. The summed E-state index contributed by atoms with van der Waals surface area (Å²) >= 11 is 5.52. The van der Waals surface area contributed by atoms with Crippen LogP contribution in [0, 0.1) is 6.92 Å². The van der Waals surface area contributed by atoms with Gasteiger partial charge in [-0.2, -0.15) is 0 Å². The molecular weight excluding hydrogens is 192 g/mol. The molecule has 4 nitrogen and oxygen atoms in total. The first-order valence-corrected chi connectivity index (χ1v) is 4.27. The Kier molecular flexibility index (Phi) is 2.06. The second-order valence-corrected chi connectivity index (χ2v) is 2.79. The molecule has 2 aromatic heterocycles. The Hall–Kier alpha value is -1.29. The Balaban J connectivity index is 2.41. The van der Waals surface area contributed by atoms with Crippen LogP contribution in [0.4, 0.5) is 0 Å². The second-order valence-electron chi connectivity index (χ2n) is 2.53. The van der Waals surface area contributed by atoms with E-state index in [1.165, 1.54) is 0 Å². The second kappa shape index (κ2) is 3.22. The van der Waals surface area contributed by atoms with Crippen LogP contribution in [0.2, 0.25) is 0 Å². The lowest BCUT2D eigenvalue weighted by Crippen LogP contribution is -1.76. The average Bonchev–Trinajstić information content (AvgIpc) is 2.71. The third kappa shape index (κ3) is 1.45. The number of halogens is 1. The number of aryl methyl sites for hydroxylation is 1. The number of alkyl halides is 1. The summed E-state index contributed by atoms with van der Waals surface area (Å²) in [7, 11) is 0. The summed E-state index contributed by atoms with van der Waals surface area (Å²) < 4.78 is 10.3. The average molecular weight is 199 g/mol. The van der Waals surface area contributed by atoms with Crippen LogP contribution in [0.3, 0.4) is 0 Å². The standard InChI is InChI=1S/C8H7ClN2O2/c1-5-6(2-3-12-5)8-11-10-7(4-9)13-8/h2-3H,4H2,1H3. The van der Waals surface area contributed by atoms with Crippen molar-refractivity contribution in [2.24, 2.45) is 0 Å². The first-order valence-electron chi connectivity index (χ1n) is 3.74. The van der Waals surface area contributed by atoms with Gasteiger partial charge in [-0.05, 0) is 13.0 Å². The molecule has 0 aromatic carbocycles. The SMILES string of the molecule is Cc1occc1-c1nnc(CCl)o1. The molecule has 0 N–H and O–H groups in total. The predicted molar refractivity (Wildman–Crippen MR) is 46.3 cm³/mol. The molecule has 68 valence electrons. The molecule has 0 radical (unpaired) electrons. The number of furan rings is 1. The molecule has 0 aliphatic carbocycles. The van der Waals surface area contributed by atoms with Crippen LogP contribution in [0.15, 0.2) is 21.2 Å². The maximum atomic E-state index is 5.52. The molecule has 0 saturated heterocycles. The van der Waals surface area contributed by atoms with Gasteiger partial charge in [-0.3, -0.25) is 0 Å². The lowest BCUT2D eigenvalue weighted by atomic mass is 10.3. The van der Waals surface area contributed by atoms with Crippen LogP contribution in [-0.2, 0) is 5.88 Å². The van der Waals surface area contributed by atoms with Crippen LogP contribution in [-0.4, -0.2) is 10.2 Å². The van der Waals surface area contributed by atoms with Crippen LogP contribution in [0.25, 0.3) is 11.5 Å². The molecular formula is C8H7ClN2O2. The fraction of sp³-hybridized carbons (Fsp3) is 0.250. The van der Waals surface area contributed by atoms with Gasteiger partial charge >= 0.3 is 0 Å². The molecule has 2 heterocycles. The molecule has 0 spiro atoms. The van der Waals surface area contributed by atoms with E-state index in [-0.39, 0.29) is 5.88 Å². The molecule has 0 amide bonds. The van der Waals surface area contributed by atoms with Crippen molar-refractivity contribution in [1.29, 1.82) is 0 Å². The van der Waals surface area contributed by atoms with Crippen LogP contribution < -0.4 is 0 Å². The van der Waals surface area contributed by atoms with E-state index < -0.39 is 0 Å². The molecule has 13 heavy (non-hydrogen) atoms. The topological polar surface area (TPSA) is 52.1 Å². The Morgan fingerprint density at radius 2 is 2.31 bits per heavy atom. The van der Waals surface area contributed by atoms with Gasteiger partial charge in [0, 0.05) is 0 Å². The fourth-order valence-electron chi connectivity index (χ4n) is 1.02. The molecule has 0 aliphatic rings. The van der Waals surface area contributed by atoms with E-state index in [1.54, 1.807) is 12.3 Å². The number of nitrogens with zero attached hydrogens (tertiary/aromatic N) is 2. The Morgan fingerprint density at radius 1 is 1.46 bits per heavy atom. The number of hydrogen-bond donors (Lipinski definition) is 0. The van der Waals surface area contributed by atoms with Crippen molar-refractivity contribution in [3.63, 3.8) is 0 Å². The van der Waals surface area contributed by atoms with E-state index >= 15 is 0 Å². The fourth-order valence-corrected chi connectivity index (χ4v) is 1.13. The largest absolute Gasteiger partial charge is 0.469 e. The van der Waals surface area contributed by atoms with Crippen molar-refractivity contribution in [3.05, 3.63) is 24.0 Å². The molecule has 0 aliphatic heterocycles. The van der Waals surface area contributed by atoms with Gasteiger partial charge in [0.05, 0.1) is 11.8 Å². The third-order valence-electron chi connectivity index (χ3n) is 1.67. The number of rotatable bonds is 2. The Morgan fingerprint density at radius 3 is 2.85 bits per heavy atom. The quantitative estimate of drug-likeness (QED) is 0.696. The zero-order valence-corrected chi connectivity index (χ0v) is 7.71. The molecule has 5 heteroatoms. The lowest BCUT2D eigenvalue weighted by molar-refractivity contribution is 0.516.